The molecule has 1 amide bonds. The van der Waals surface area contributed by atoms with E-state index in [1.165, 1.54) is 6.42 Å². The van der Waals surface area contributed by atoms with Crippen LogP contribution >= 0.6 is 0 Å². The maximum absolute atomic E-state index is 13.0. The molecule has 1 unspecified atom stereocenters. The normalized spacial score (nSPS) is 17.1. The Hall–Kier alpha value is -2.38. The third-order valence-electron chi connectivity index (χ3n) is 6.23. The molecule has 8 nitrogen and oxygen atoms in total. The van der Waals surface area contributed by atoms with Gasteiger partial charge in [0.2, 0.25) is 5.91 Å². The molecule has 1 atom stereocenters. The van der Waals surface area contributed by atoms with E-state index in [4.69, 9.17) is 4.98 Å². The fourth-order valence-electron chi connectivity index (χ4n) is 4.61. The van der Waals surface area contributed by atoms with Gasteiger partial charge in [-0.25, -0.2) is 9.78 Å². The van der Waals surface area contributed by atoms with Crippen LogP contribution in [0.15, 0.2) is 9.59 Å². The van der Waals surface area contributed by atoms with Gasteiger partial charge in [-0.05, 0) is 38.0 Å². The van der Waals surface area contributed by atoms with Gasteiger partial charge in [0, 0.05) is 38.5 Å². The third kappa shape index (κ3) is 5.10. The largest absolute Gasteiger partial charge is 0.340 e. The zero-order valence-corrected chi connectivity index (χ0v) is 19.4. The number of rotatable bonds is 9. The average molecular weight is 432 g/mol. The summed E-state index contributed by atoms with van der Waals surface area (Å²) in [6.07, 6.45) is 6.92. The number of hydrogen-bond acceptors (Lipinski definition) is 4. The summed E-state index contributed by atoms with van der Waals surface area (Å²) >= 11 is 0. The van der Waals surface area contributed by atoms with E-state index in [2.05, 4.69) is 32.7 Å². The summed E-state index contributed by atoms with van der Waals surface area (Å²) < 4.78 is 3.49. The van der Waals surface area contributed by atoms with E-state index in [-0.39, 0.29) is 5.91 Å². The van der Waals surface area contributed by atoms with Crippen molar-refractivity contribution in [1.29, 1.82) is 0 Å². The number of nitrogens with zero attached hydrogens (tertiary/aromatic N) is 4. The fraction of sp³-hybridized carbons (Fsp3) is 0.739. The van der Waals surface area contributed by atoms with Gasteiger partial charge in [0.1, 0.15) is 5.82 Å². The SMILES string of the molecule is CCCCn1c(=O)[nH]c(=O)c2c1nc(CCC(=O)N1CCCCC1CC)n2CC(C)C. The minimum Gasteiger partial charge on any atom is -0.340 e. The van der Waals surface area contributed by atoms with Crippen molar-refractivity contribution in [2.45, 2.75) is 98.2 Å². The number of likely N-dealkylation sites (tertiary alicyclic amines) is 1. The van der Waals surface area contributed by atoms with Gasteiger partial charge in [-0.2, -0.15) is 0 Å². The van der Waals surface area contributed by atoms with Crippen LogP contribution in [-0.2, 0) is 24.3 Å². The van der Waals surface area contributed by atoms with Crippen LogP contribution in [0.2, 0.25) is 0 Å². The predicted octanol–water partition coefficient (Wildman–Crippen LogP) is 3.07. The van der Waals surface area contributed by atoms with Crippen molar-refractivity contribution in [3.8, 4) is 0 Å². The molecule has 0 aliphatic carbocycles. The van der Waals surface area contributed by atoms with Gasteiger partial charge in [0.05, 0.1) is 0 Å². The van der Waals surface area contributed by atoms with Crippen molar-refractivity contribution in [3.05, 3.63) is 26.7 Å². The smallest absolute Gasteiger partial charge is 0.330 e. The molecule has 1 aliphatic heterocycles. The number of carbonyl (C=O) groups is 1. The van der Waals surface area contributed by atoms with Crippen molar-refractivity contribution in [2.24, 2.45) is 5.92 Å². The molecule has 1 saturated heterocycles. The maximum Gasteiger partial charge on any atom is 0.330 e. The molecule has 3 rings (SSSR count). The van der Waals surface area contributed by atoms with Crippen LogP contribution in [0.1, 0.15) is 78.5 Å². The van der Waals surface area contributed by atoms with Crippen LogP contribution < -0.4 is 11.2 Å². The Labute approximate surface area is 183 Å². The highest BCUT2D eigenvalue weighted by Crippen LogP contribution is 2.22. The minimum absolute atomic E-state index is 0.159. The van der Waals surface area contributed by atoms with Crippen molar-refractivity contribution in [1.82, 2.24) is 24.0 Å². The molecule has 0 bridgehead atoms. The van der Waals surface area contributed by atoms with E-state index in [0.29, 0.717) is 54.9 Å². The quantitative estimate of drug-likeness (QED) is 0.660. The van der Waals surface area contributed by atoms with E-state index >= 15 is 0 Å². The lowest BCUT2D eigenvalue weighted by atomic mass is 9.99. The van der Waals surface area contributed by atoms with Crippen LogP contribution in [0.3, 0.4) is 0 Å². The summed E-state index contributed by atoms with van der Waals surface area (Å²) in [6.45, 7) is 10.3. The number of unbranched alkanes of at least 4 members (excludes halogenated alkanes) is 1. The Bertz CT molecular complexity index is 1020. The predicted molar refractivity (Wildman–Crippen MR) is 122 cm³/mol. The first-order valence-electron chi connectivity index (χ1n) is 11.9. The number of hydrogen-bond donors (Lipinski definition) is 1. The molecule has 172 valence electrons. The Morgan fingerprint density at radius 3 is 2.65 bits per heavy atom. The van der Waals surface area contributed by atoms with Gasteiger partial charge in [-0.15, -0.1) is 0 Å². The van der Waals surface area contributed by atoms with Gasteiger partial charge < -0.3 is 9.47 Å². The Balaban J connectivity index is 1.95. The van der Waals surface area contributed by atoms with Crippen LogP contribution in [0.25, 0.3) is 11.2 Å². The van der Waals surface area contributed by atoms with E-state index in [1.807, 2.05) is 9.47 Å². The average Bonchev–Trinajstić information content (AvgIpc) is 3.09. The van der Waals surface area contributed by atoms with E-state index in [0.717, 1.165) is 38.6 Å². The van der Waals surface area contributed by atoms with Crippen molar-refractivity contribution in [2.75, 3.05) is 6.54 Å². The first kappa shape index (κ1) is 23.3. The molecule has 0 aromatic carbocycles. The Kier molecular flexibility index (Phi) is 7.73. The molecule has 0 saturated carbocycles. The maximum atomic E-state index is 13.0. The summed E-state index contributed by atoms with van der Waals surface area (Å²) in [6, 6.07) is 0.331. The highest BCUT2D eigenvalue weighted by molar-refractivity contribution is 5.77. The second-order valence-corrected chi connectivity index (χ2v) is 9.11. The summed E-state index contributed by atoms with van der Waals surface area (Å²) in [7, 11) is 0. The van der Waals surface area contributed by atoms with Crippen LogP contribution in [0.4, 0.5) is 0 Å². The monoisotopic (exact) mass is 431 g/mol. The highest BCUT2D eigenvalue weighted by Gasteiger charge is 2.26. The first-order valence-corrected chi connectivity index (χ1v) is 11.9. The summed E-state index contributed by atoms with van der Waals surface area (Å²) in [5.41, 5.74) is 0.0633. The Morgan fingerprint density at radius 2 is 1.97 bits per heavy atom. The third-order valence-corrected chi connectivity index (χ3v) is 6.23. The summed E-state index contributed by atoms with van der Waals surface area (Å²) in [4.78, 5) is 47.4. The molecule has 2 aromatic heterocycles. The van der Waals surface area contributed by atoms with Gasteiger partial charge in [-0.3, -0.25) is 19.1 Å². The van der Waals surface area contributed by atoms with Crippen LogP contribution in [0, 0.1) is 5.92 Å². The number of aromatic nitrogens is 4. The second kappa shape index (κ2) is 10.3. The van der Waals surface area contributed by atoms with Crippen molar-refractivity contribution >= 4 is 17.1 Å². The van der Waals surface area contributed by atoms with E-state index in [1.54, 1.807) is 4.57 Å². The topological polar surface area (TPSA) is 93.0 Å². The number of carbonyl (C=O) groups excluding carboxylic acids is 1. The number of imidazole rings is 1. The van der Waals surface area contributed by atoms with Gasteiger partial charge >= 0.3 is 5.69 Å². The van der Waals surface area contributed by atoms with Gasteiger partial charge in [0.15, 0.2) is 11.2 Å². The molecule has 0 spiro atoms. The number of aryl methyl sites for hydroxylation is 2. The zero-order chi connectivity index (χ0) is 22.5. The second-order valence-electron chi connectivity index (χ2n) is 9.11. The molecule has 1 aliphatic rings. The standard InChI is InChI=1S/C23H37N5O3/c1-5-7-13-27-21-20(22(30)25-23(27)31)28(15-16(3)4)18(24-21)11-12-19(29)26-14-9-8-10-17(26)6-2/h16-17H,5-15H2,1-4H3,(H,25,30,31). The number of nitrogens with one attached hydrogen (secondary N) is 1. The Morgan fingerprint density at radius 1 is 1.19 bits per heavy atom. The lowest BCUT2D eigenvalue weighted by Gasteiger charge is -2.35. The van der Waals surface area contributed by atoms with E-state index in [9.17, 15) is 14.4 Å². The van der Waals surface area contributed by atoms with Crippen LogP contribution in [-0.4, -0.2) is 42.5 Å². The molecule has 2 aromatic rings. The fourth-order valence-corrected chi connectivity index (χ4v) is 4.61. The molecule has 1 N–H and O–H groups in total. The van der Waals surface area contributed by atoms with Gasteiger partial charge in [0.25, 0.3) is 5.56 Å². The van der Waals surface area contributed by atoms with E-state index < -0.39 is 11.2 Å². The number of fused-ring (bicyclic) bond motifs is 1. The van der Waals surface area contributed by atoms with Crippen LogP contribution in [0.5, 0.6) is 0 Å². The van der Waals surface area contributed by atoms with Crippen molar-refractivity contribution < 1.29 is 4.79 Å². The molecule has 1 fully saturated rings. The molecular formula is C23H37N5O3. The number of H-pyrrole nitrogens is 1. The highest BCUT2D eigenvalue weighted by atomic mass is 16.2. The molecule has 31 heavy (non-hydrogen) atoms. The summed E-state index contributed by atoms with van der Waals surface area (Å²) in [5.74, 6) is 1.17. The minimum atomic E-state index is -0.415. The molecule has 0 radical (unpaired) electrons. The summed E-state index contributed by atoms with van der Waals surface area (Å²) in [5, 5.41) is 0. The number of piperidine rings is 1. The van der Waals surface area contributed by atoms with Crippen molar-refractivity contribution in [3.63, 3.8) is 0 Å². The van der Waals surface area contributed by atoms with Gasteiger partial charge in [-0.1, -0.05) is 34.1 Å². The first-order chi connectivity index (χ1) is 14.9. The zero-order valence-electron chi connectivity index (χ0n) is 19.4. The number of aromatic amines is 1. The molecule has 3 heterocycles. The molecular weight excluding hydrogens is 394 g/mol. The molecule has 8 heteroatoms. The number of amides is 1. The lowest BCUT2D eigenvalue weighted by molar-refractivity contribution is -0.134. The lowest BCUT2D eigenvalue weighted by Crippen LogP contribution is -2.43.